The zero-order chi connectivity index (χ0) is 19.0. The molecule has 0 unspecified atom stereocenters. The summed E-state index contributed by atoms with van der Waals surface area (Å²) in [6.07, 6.45) is 3.28. The Morgan fingerprint density at radius 2 is 1.81 bits per heavy atom. The zero-order valence-corrected chi connectivity index (χ0v) is 15.7. The quantitative estimate of drug-likeness (QED) is 0.828. The maximum Gasteiger partial charge on any atom is 0.325 e. The third kappa shape index (κ3) is 3.18. The van der Waals surface area contributed by atoms with Crippen LogP contribution in [0.2, 0.25) is 0 Å². The number of hydrogen-bond acceptors (Lipinski definition) is 3. The Hall–Kier alpha value is -2.82. The number of benzene rings is 2. The Kier molecular flexibility index (Phi) is 4.38. The number of amides is 3. The number of imide groups is 1. The largest absolute Gasteiger partial charge is 0.492 e. The van der Waals surface area contributed by atoms with E-state index in [0.29, 0.717) is 0 Å². The number of rotatable bonds is 5. The summed E-state index contributed by atoms with van der Waals surface area (Å²) in [7, 11) is 0. The van der Waals surface area contributed by atoms with E-state index < -0.39 is 5.54 Å². The molecule has 0 aromatic heterocycles. The van der Waals surface area contributed by atoms with E-state index in [1.54, 1.807) is 6.92 Å². The zero-order valence-electron chi connectivity index (χ0n) is 15.7. The number of carbonyl (C=O) groups is 2. The van der Waals surface area contributed by atoms with Crippen LogP contribution < -0.4 is 10.1 Å². The molecular weight excluding hydrogens is 340 g/mol. The Labute approximate surface area is 159 Å². The molecular formula is C22H24N2O3. The van der Waals surface area contributed by atoms with Crippen LogP contribution in [0.3, 0.4) is 0 Å². The molecule has 1 fully saturated rings. The summed E-state index contributed by atoms with van der Waals surface area (Å²) in [4.78, 5) is 26.7. The van der Waals surface area contributed by atoms with Crippen LogP contribution in [-0.4, -0.2) is 30.0 Å². The number of carbonyl (C=O) groups excluding carboxylic acids is 2. The smallest absolute Gasteiger partial charge is 0.325 e. The van der Waals surface area contributed by atoms with Gasteiger partial charge < -0.3 is 10.1 Å². The fourth-order valence-electron chi connectivity index (χ4n) is 3.87. The molecule has 5 heteroatoms. The molecule has 1 atom stereocenters. The maximum atomic E-state index is 13.0. The highest BCUT2D eigenvalue weighted by molar-refractivity contribution is 6.07. The van der Waals surface area contributed by atoms with E-state index in [1.807, 2.05) is 37.3 Å². The monoisotopic (exact) mass is 364 g/mol. The molecule has 3 amide bonds. The number of nitrogens with zero attached hydrogens (tertiary/aromatic N) is 1. The molecule has 2 aromatic carbocycles. The van der Waals surface area contributed by atoms with Gasteiger partial charge in [0, 0.05) is 0 Å². The van der Waals surface area contributed by atoms with Crippen molar-refractivity contribution in [2.45, 2.75) is 38.6 Å². The molecule has 0 radical (unpaired) electrons. The highest BCUT2D eigenvalue weighted by atomic mass is 16.5. The SMILES string of the molecule is Cc1ccc(OCCN2C(=O)N[C@](C)(c3ccc4c(c3)CCC4)C2=O)cc1. The predicted molar refractivity (Wildman–Crippen MR) is 103 cm³/mol. The van der Waals surface area contributed by atoms with E-state index in [1.165, 1.54) is 16.0 Å². The van der Waals surface area contributed by atoms with E-state index in [0.717, 1.165) is 36.1 Å². The van der Waals surface area contributed by atoms with Gasteiger partial charge in [0.1, 0.15) is 17.9 Å². The number of fused-ring (bicyclic) bond motifs is 1. The lowest BCUT2D eigenvalue weighted by atomic mass is 9.90. The van der Waals surface area contributed by atoms with Crippen molar-refractivity contribution >= 4 is 11.9 Å². The number of urea groups is 1. The summed E-state index contributed by atoms with van der Waals surface area (Å²) in [5.41, 5.74) is 3.63. The molecule has 0 saturated carbocycles. The normalized spacial score (nSPS) is 21.3. The molecule has 2 aliphatic rings. The highest BCUT2D eigenvalue weighted by Crippen LogP contribution is 2.32. The van der Waals surface area contributed by atoms with Gasteiger partial charge in [0.25, 0.3) is 5.91 Å². The first kappa shape index (κ1) is 17.6. The predicted octanol–water partition coefficient (Wildman–Crippen LogP) is 3.33. The van der Waals surface area contributed by atoms with Crippen LogP contribution in [0.1, 0.15) is 35.6 Å². The molecule has 140 valence electrons. The third-order valence-corrected chi connectivity index (χ3v) is 5.56. The second kappa shape index (κ2) is 6.72. The van der Waals surface area contributed by atoms with E-state index in [9.17, 15) is 9.59 Å². The van der Waals surface area contributed by atoms with Crippen LogP contribution in [0.5, 0.6) is 5.75 Å². The van der Waals surface area contributed by atoms with Crippen molar-refractivity contribution in [2.75, 3.05) is 13.2 Å². The van der Waals surface area contributed by atoms with Gasteiger partial charge in [0.05, 0.1) is 6.54 Å². The van der Waals surface area contributed by atoms with Crippen molar-refractivity contribution < 1.29 is 14.3 Å². The fraction of sp³-hybridized carbons (Fsp3) is 0.364. The molecule has 1 heterocycles. The van der Waals surface area contributed by atoms with E-state index >= 15 is 0 Å². The first-order valence-electron chi connectivity index (χ1n) is 9.43. The summed E-state index contributed by atoms with van der Waals surface area (Å²) < 4.78 is 5.68. The molecule has 27 heavy (non-hydrogen) atoms. The summed E-state index contributed by atoms with van der Waals surface area (Å²) in [6.45, 7) is 4.28. The second-order valence-corrected chi connectivity index (χ2v) is 7.51. The van der Waals surface area contributed by atoms with Crippen molar-refractivity contribution in [3.8, 4) is 5.75 Å². The fourth-order valence-corrected chi connectivity index (χ4v) is 3.87. The lowest BCUT2D eigenvalue weighted by molar-refractivity contribution is -0.131. The van der Waals surface area contributed by atoms with Crippen LogP contribution in [0.4, 0.5) is 4.79 Å². The minimum absolute atomic E-state index is 0.221. The molecule has 0 bridgehead atoms. The van der Waals surface area contributed by atoms with Gasteiger partial charge in [-0.15, -0.1) is 0 Å². The average molecular weight is 364 g/mol. The minimum atomic E-state index is -1.02. The lowest BCUT2D eigenvalue weighted by Crippen LogP contribution is -2.41. The number of hydrogen-bond donors (Lipinski definition) is 1. The molecule has 2 aromatic rings. The summed E-state index contributed by atoms with van der Waals surface area (Å²) >= 11 is 0. The van der Waals surface area contributed by atoms with Gasteiger partial charge in [-0.05, 0) is 61.9 Å². The molecule has 1 saturated heterocycles. The molecule has 0 spiro atoms. The van der Waals surface area contributed by atoms with Gasteiger partial charge in [0.15, 0.2) is 0 Å². The van der Waals surface area contributed by atoms with Gasteiger partial charge in [-0.3, -0.25) is 9.69 Å². The van der Waals surface area contributed by atoms with Crippen molar-refractivity contribution in [2.24, 2.45) is 0 Å². The summed E-state index contributed by atoms with van der Waals surface area (Å²) in [5.74, 6) is 0.506. The van der Waals surface area contributed by atoms with E-state index in [-0.39, 0.29) is 25.1 Å². The van der Waals surface area contributed by atoms with E-state index in [2.05, 4.69) is 17.4 Å². The van der Waals surface area contributed by atoms with Crippen LogP contribution in [0, 0.1) is 6.92 Å². The third-order valence-electron chi connectivity index (χ3n) is 5.56. The maximum absolute atomic E-state index is 13.0. The van der Waals surface area contributed by atoms with Crippen molar-refractivity contribution in [1.29, 1.82) is 0 Å². The summed E-state index contributed by atoms with van der Waals surface area (Å²) in [6, 6.07) is 13.5. The van der Waals surface area contributed by atoms with Crippen LogP contribution >= 0.6 is 0 Å². The lowest BCUT2D eigenvalue weighted by Gasteiger charge is -2.23. The number of ether oxygens (including phenoxy) is 1. The first-order chi connectivity index (χ1) is 13.0. The van der Waals surface area contributed by atoms with Crippen LogP contribution in [-0.2, 0) is 23.2 Å². The van der Waals surface area contributed by atoms with Crippen molar-refractivity contribution in [3.63, 3.8) is 0 Å². The highest BCUT2D eigenvalue weighted by Gasteiger charge is 2.49. The van der Waals surface area contributed by atoms with Crippen molar-refractivity contribution in [3.05, 3.63) is 64.7 Å². The second-order valence-electron chi connectivity index (χ2n) is 7.51. The molecule has 5 nitrogen and oxygen atoms in total. The topological polar surface area (TPSA) is 58.6 Å². The first-order valence-corrected chi connectivity index (χ1v) is 9.43. The van der Waals surface area contributed by atoms with Crippen LogP contribution in [0.25, 0.3) is 0 Å². The van der Waals surface area contributed by atoms with Gasteiger partial charge >= 0.3 is 6.03 Å². The standard InChI is InChI=1S/C22H24N2O3/c1-15-6-10-19(11-7-15)27-13-12-24-20(25)22(2,23-21(24)26)18-9-8-16-4-3-5-17(16)14-18/h6-11,14H,3-5,12-13H2,1-2H3,(H,23,26)/t22-/m1/s1. The Morgan fingerprint density at radius 3 is 2.59 bits per heavy atom. The molecule has 1 N–H and O–H groups in total. The van der Waals surface area contributed by atoms with Gasteiger partial charge in [-0.2, -0.15) is 0 Å². The number of nitrogens with one attached hydrogen (secondary N) is 1. The van der Waals surface area contributed by atoms with E-state index in [4.69, 9.17) is 4.74 Å². The molecule has 1 aliphatic heterocycles. The Morgan fingerprint density at radius 1 is 1.07 bits per heavy atom. The molecule has 1 aliphatic carbocycles. The molecule has 4 rings (SSSR count). The van der Waals surface area contributed by atoms with Gasteiger partial charge in [-0.25, -0.2) is 4.79 Å². The number of aryl methyl sites for hydroxylation is 3. The van der Waals surface area contributed by atoms with Gasteiger partial charge in [-0.1, -0.05) is 35.9 Å². The Balaban J connectivity index is 1.45. The van der Waals surface area contributed by atoms with Crippen LogP contribution in [0.15, 0.2) is 42.5 Å². The average Bonchev–Trinajstić information content (AvgIpc) is 3.21. The Bertz CT molecular complexity index is 891. The summed E-state index contributed by atoms with van der Waals surface area (Å²) in [5, 5.41) is 2.88. The minimum Gasteiger partial charge on any atom is -0.492 e. The van der Waals surface area contributed by atoms with Gasteiger partial charge in [0.2, 0.25) is 0 Å². The van der Waals surface area contributed by atoms with Crippen molar-refractivity contribution in [1.82, 2.24) is 10.2 Å².